The van der Waals surface area contributed by atoms with E-state index in [0.717, 1.165) is 116 Å². The summed E-state index contributed by atoms with van der Waals surface area (Å²) in [5, 5.41) is 8.79. The highest BCUT2D eigenvalue weighted by Gasteiger charge is 2.22. The Morgan fingerprint density at radius 2 is 0.774 bits per heavy atom. The van der Waals surface area contributed by atoms with Gasteiger partial charge in [-0.25, -0.2) is 0 Å². The largest absolute Gasteiger partial charge is 0.455 e. The average molecular weight is 794 g/mol. The van der Waals surface area contributed by atoms with Gasteiger partial charge in [-0.15, -0.1) is 0 Å². The molecule has 0 aliphatic heterocycles. The molecule has 0 radical (unpaired) electrons. The number of fused-ring (bicyclic) bond motifs is 10. The fourth-order valence-corrected chi connectivity index (χ4v) is 9.56. The van der Waals surface area contributed by atoms with Crippen molar-refractivity contribution < 1.29 is 13.3 Å². The summed E-state index contributed by atoms with van der Waals surface area (Å²) in [5.41, 5.74) is 14.8. The Kier molecular flexibility index (Phi) is 7.57. The smallest absolute Gasteiger partial charge is 0.144 e. The average Bonchev–Trinajstić information content (AvgIpc) is 4.03. The summed E-state index contributed by atoms with van der Waals surface area (Å²) in [5.74, 6) is 0. The molecule has 290 valence electrons. The Balaban J connectivity index is 0.991. The van der Waals surface area contributed by atoms with E-state index in [1.807, 2.05) is 24.3 Å². The lowest BCUT2D eigenvalue weighted by atomic mass is 9.94. The van der Waals surface area contributed by atoms with E-state index in [0.29, 0.717) is 0 Å². The first-order valence-electron chi connectivity index (χ1n) is 21.0. The highest BCUT2D eigenvalue weighted by atomic mass is 16.3. The Morgan fingerprint density at radius 3 is 1.47 bits per heavy atom. The molecular formula is C58H35NO3. The normalized spacial score (nSPS) is 11.9. The third-order valence-electron chi connectivity index (χ3n) is 12.5. The molecule has 4 heteroatoms. The molecule has 62 heavy (non-hydrogen) atoms. The van der Waals surface area contributed by atoms with Crippen LogP contribution in [-0.2, 0) is 0 Å². The molecule has 3 aromatic heterocycles. The van der Waals surface area contributed by atoms with E-state index >= 15 is 0 Å². The number of benzene rings is 10. The summed E-state index contributed by atoms with van der Waals surface area (Å²) in [6.07, 6.45) is 0. The summed E-state index contributed by atoms with van der Waals surface area (Å²) in [4.78, 5) is 2.33. The maximum atomic E-state index is 6.93. The molecular weight excluding hydrogens is 759 g/mol. The van der Waals surface area contributed by atoms with Gasteiger partial charge < -0.3 is 18.2 Å². The molecule has 3 heterocycles. The number of furan rings is 3. The first-order chi connectivity index (χ1) is 30.7. The van der Waals surface area contributed by atoms with Crippen LogP contribution in [0.2, 0.25) is 0 Å². The molecule has 13 aromatic rings. The van der Waals surface area contributed by atoms with Crippen molar-refractivity contribution in [2.75, 3.05) is 4.90 Å². The molecule has 0 amide bonds. The van der Waals surface area contributed by atoms with Gasteiger partial charge in [-0.2, -0.15) is 0 Å². The van der Waals surface area contributed by atoms with Crippen LogP contribution >= 0.6 is 0 Å². The topological polar surface area (TPSA) is 42.7 Å². The molecule has 0 aliphatic rings. The third kappa shape index (κ3) is 5.33. The Bertz CT molecular complexity index is 3850. The van der Waals surface area contributed by atoms with Gasteiger partial charge in [0.2, 0.25) is 0 Å². The summed E-state index contributed by atoms with van der Waals surface area (Å²) in [6, 6.07) is 74.9. The van der Waals surface area contributed by atoms with Crippen LogP contribution in [0.25, 0.3) is 110 Å². The van der Waals surface area contributed by atoms with Gasteiger partial charge in [-0.1, -0.05) is 152 Å². The summed E-state index contributed by atoms with van der Waals surface area (Å²) >= 11 is 0. The fraction of sp³-hybridized carbons (Fsp3) is 0. The zero-order valence-electron chi connectivity index (χ0n) is 33.4. The van der Waals surface area contributed by atoms with Crippen molar-refractivity contribution in [1.82, 2.24) is 0 Å². The minimum absolute atomic E-state index is 0.825. The van der Waals surface area contributed by atoms with E-state index < -0.39 is 0 Å². The Morgan fingerprint density at radius 1 is 0.274 bits per heavy atom. The Hall–Kier alpha value is -8.34. The fourth-order valence-electron chi connectivity index (χ4n) is 9.56. The van der Waals surface area contributed by atoms with Gasteiger partial charge in [0.1, 0.15) is 33.5 Å². The molecule has 0 N–H and O–H groups in total. The Labute approximate surface area is 356 Å². The van der Waals surface area contributed by atoms with Crippen LogP contribution < -0.4 is 4.90 Å². The number of hydrogen-bond donors (Lipinski definition) is 0. The molecule has 10 aromatic carbocycles. The SMILES string of the molecule is c1ccc(-c2ccc(N(c3ccc(-c4cccc5c4oc4ccccc45)cc3)c3ccc4oc5c(-c6cccc7c6oc6ccccc67)c6ccccc6cc5c4c3)cc2)cc1. The number of para-hydroxylation sites is 4. The molecule has 13 rings (SSSR count). The molecule has 0 fully saturated rings. The van der Waals surface area contributed by atoms with Crippen LogP contribution in [0.15, 0.2) is 226 Å². The summed E-state index contributed by atoms with van der Waals surface area (Å²) < 4.78 is 20.0. The van der Waals surface area contributed by atoms with Crippen LogP contribution in [0.5, 0.6) is 0 Å². The van der Waals surface area contributed by atoms with Crippen LogP contribution in [0.1, 0.15) is 0 Å². The van der Waals surface area contributed by atoms with E-state index in [1.165, 1.54) is 11.1 Å². The van der Waals surface area contributed by atoms with Gasteiger partial charge in [-0.3, -0.25) is 0 Å². The molecule has 0 saturated heterocycles. The highest BCUT2D eigenvalue weighted by Crippen LogP contribution is 2.47. The molecule has 0 saturated carbocycles. The number of hydrogen-bond acceptors (Lipinski definition) is 4. The molecule has 0 atom stereocenters. The highest BCUT2D eigenvalue weighted by molar-refractivity contribution is 6.22. The van der Waals surface area contributed by atoms with Crippen molar-refractivity contribution in [3.8, 4) is 33.4 Å². The van der Waals surface area contributed by atoms with E-state index in [2.05, 4.69) is 193 Å². The number of anilines is 3. The maximum Gasteiger partial charge on any atom is 0.144 e. The maximum absolute atomic E-state index is 6.93. The molecule has 0 bridgehead atoms. The van der Waals surface area contributed by atoms with Crippen molar-refractivity contribution >= 4 is 93.7 Å². The van der Waals surface area contributed by atoms with Crippen LogP contribution in [0.3, 0.4) is 0 Å². The van der Waals surface area contributed by atoms with Gasteiger partial charge >= 0.3 is 0 Å². The van der Waals surface area contributed by atoms with Crippen molar-refractivity contribution in [2.45, 2.75) is 0 Å². The van der Waals surface area contributed by atoms with Crippen LogP contribution in [-0.4, -0.2) is 0 Å². The number of rotatable bonds is 6. The third-order valence-corrected chi connectivity index (χ3v) is 12.5. The van der Waals surface area contributed by atoms with E-state index in [-0.39, 0.29) is 0 Å². The standard InChI is InChI=1S/C58H35NO3/c1-2-12-36(13-3-1)37-24-28-40(29-25-37)59(41-30-26-38(27-31-41)44-18-10-19-47-45-16-6-8-22-52(45)60-56(44)47)42-32-33-54-50(35-42)51-34-39-14-4-5-15-43(39)55(58(51)62-54)49-21-11-20-48-46-17-7-9-23-53(46)61-57(48)49/h1-35H. The second-order valence-electron chi connectivity index (χ2n) is 16.0. The molecule has 0 unspecified atom stereocenters. The van der Waals surface area contributed by atoms with Gasteiger partial charge in [0, 0.05) is 66.1 Å². The van der Waals surface area contributed by atoms with Crippen LogP contribution in [0.4, 0.5) is 17.1 Å². The lowest BCUT2D eigenvalue weighted by Gasteiger charge is -2.26. The minimum atomic E-state index is 0.825. The molecule has 4 nitrogen and oxygen atoms in total. The molecule has 0 aliphatic carbocycles. The second kappa shape index (κ2) is 13.6. The van der Waals surface area contributed by atoms with Crippen molar-refractivity contribution in [3.63, 3.8) is 0 Å². The van der Waals surface area contributed by atoms with Gasteiger partial charge in [-0.05, 0) is 88.1 Å². The van der Waals surface area contributed by atoms with Gasteiger partial charge in [0.15, 0.2) is 0 Å². The lowest BCUT2D eigenvalue weighted by molar-refractivity contribution is 0.665. The predicted molar refractivity (Wildman–Crippen MR) is 257 cm³/mol. The molecule has 0 spiro atoms. The first-order valence-corrected chi connectivity index (χ1v) is 21.0. The van der Waals surface area contributed by atoms with Gasteiger partial charge in [0.25, 0.3) is 0 Å². The van der Waals surface area contributed by atoms with E-state index in [4.69, 9.17) is 13.3 Å². The quantitative estimate of drug-likeness (QED) is 0.168. The van der Waals surface area contributed by atoms with Crippen molar-refractivity contribution in [3.05, 3.63) is 212 Å². The van der Waals surface area contributed by atoms with E-state index in [1.54, 1.807) is 0 Å². The lowest BCUT2D eigenvalue weighted by Crippen LogP contribution is -2.09. The van der Waals surface area contributed by atoms with Crippen LogP contribution in [0, 0.1) is 0 Å². The summed E-state index contributed by atoms with van der Waals surface area (Å²) in [7, 11) is 0. The first kappa shape index (κ1) is 34.5. The predicted octanol–water partition coefficient (Wildman–Crippen LogP) is 17.0. The van der Waals surface area contributed by atoms with Crippen molar-refractivity contribution in [2.24, 2.45) is 0 Å². The minimum Gasteiger partial charge on any atom is -0.455 e. The summed E-state index contributed by atoms with van der Waals surface area (Å²) in [6.45, 7) is 0. The zero-order chi connectivity index (χ0) is 40.7. The number of nitrogens with zero attached hydrogens (tertiary/aromatic N) is 1. The monoisotopic (exact) mass is 793 g/mol. The second-order valence-corrected chi connectivity index (χ2v) is 16.0. The zero-order valence-corrected chi connectivity index (χ0v) is 33.4. The van der Waals surface area contributed by atoms with Crippen molar-refractivity contribution in [1.29, 1.82) is 0 Å². The van der Waals surface area contributed by atoms with Gasteiger partial charge in [0.05, 0.1) is 0 Å². The van der Waals surface area contributed by atoms with E-state index in [9.17, 15) is 0 Å².